The van der Waals surface area contributed by atoms with Crippen molar-refractivity contribution in [1.29, 1.82) is 0 Å². The summed E-state index contributed by atoms with van der Waals surface area (Å²) in [7, 11) is 0. The van der Waals surface area contributed by atoms with Gasteiger partial charge in [-0.2, -0.15) is 0 Å². The van der Waals surface area contributed by atoms with E-state index in [1.54, 1.807) is 4.90 Å². The molecule has 0 radical (unpaired) electrons. The van der Waals surface area contributed by atoms with Crippen molar-refractivity contribution < 1.29 is 9.59 Å². The Labute approximate surface area is 162 Å². The van der Waals surface area contributed by atoms with Gasteiger partial charge in [-0.3, -0.25) is 9.59 Å². The molecule has 1 aromatic rings. The normalized spacial score (nSPS) is 24.0. The Morgan fingerprint density at radius 3 is 2.54 bits per heavy atom. The summed E-state index contributed by atoms with van der Waals surface area (Å²) in [6.07, 6.45) is 4.78. The molecule has 0 unspecified atom stereocenters. The number of hydrogen-bond donors (Lipinski definition) is 1. The van der Waals surface area contributed by atoms with Crippen molar-refractivity contribution in [3.63, 3.8) is 0 Å². The van der Waals surface area contributed by atoms with E-state index in [0.29, 0.717) is 32.6 Å². The van der Waals surface area contributed by atoms with Gasteiger partial charge in [0.2, 0.25) is 11.8 Å². The molecule has 144 valence electrons. The number of nitrogens with two attached hydrogens (primary N) is 1. The van der Waals surface area contributed by atoms with Crippen LogP contribution in [-0.2, 0) is 9.59 Å². The lowest BCUT2D eigenvalue weighted by atomic mass is 9.89. The number of hydrogen-bond acceptors (Lipinski definition) is 3. The van der Waals surface area contributed by atoms with Crippen LogP contribution >= 0.6 is 12.4 Å². The monoisotopic (exact) mass is 379 g/mol. The Balaban J connectivity index is 0.00000243. The third-order valence-electron chi connectivity index (χ3n) is 5.57. The first-order valence-electron chi connectivity index (χ1n) is 9.49. The molecule has 1 aromatic carbocycles. The molecule has 2 fully saturated rings. The predicted molar refractivity (Wildman–Crippen MR) is 105 cm³/mol. The van der Waals surface area contributed by atoms with Gasteiger partial charge >= 0.3 is 0 Å². The quantitative estimate of drug-likeness (QED) is 0.873. The van der Waals surface area contributed by atoms with Crippen LogP contribution in [0.15, 0.2) is 30.3 Å². The van der Waals surface area contributed by atoms with Gasteiger partial charge < -0.3 is 15.5 Å². The maximum absolute atomic E-state index is 12.8. The second-order valence-electron chi connectivity index (χ2n) is 7.29. The zero-order valence-electron chi connectivity index (χ0n) is 15.3. The van der Waals surface area contributed by atoms with Crippen LogP contribution in [0.2, 0.25) is 0 Å². The highest BCUT2D eigenvalue weighted by Crippen LogP contribution is 2.32. The number of carbonyl (C=O) groups excluding carboxylic acids is 2. The fourth-order valence-electron chi connectivity index (χ4n) is 4.04. The molecule has 2 aliphatic rings. The highest BCUT2D eigenvalue weighted by atomic mass is 35.5. The Bertz CT molecular complexity index is 596. The van der Waals surface area contributed by atoms with Crippen LogP contribution in [0.25, 0.3) is 0 Å². The molecule has 0 bridgehead atoms. The zero-order valence-corrected chi connectivity index (χ0v) is 16.1. The zero-order chi connectivity index (χ0) is 17.6. The highest BCUT2D eigenvalue weighted by molar-refractivity contribution is 5.85. The molecule has 2 atom stereocenters. The second kappa shape index (κ2) is 9.93. The summed E-state index contributed by atoms with van der Waals surface area (Å²) in [6, 6.07) is 10.3. The van der Waals surface area contributed by atoms with E-state index in [1.807, 2.05) is 23.1 Å². The third kappa shape index (κ3) is 4.98. The van der Waals surface area contributed by atoms with Gasteiger partial charge in [-0.1, -0.05) is 43.2 Å². The van der Waals surface area contributed by atoms with Crippen molar-refractivity contribution in [2.24, 2.45) is 11.7 Å². The average Bonchev–Trinajstić information content (AvgIpc) is 3.07. The van der Waals surface area contributed by atoms with Gasteiger partial charge in [0.1, 0.15) is 0 Å². The van der Waals surface area contributed by atoms with Crippen LogP contribution in [0, 0.1) is 5.92 Å². The van der Waals surface area contributed by atoms with E-state index in [1.165, 1.54) is 5.56 Å². The van der Waals surface area contributed by atoms with Crippen molar-refractivity contribution in [2.75, 3.05) is 32.7 Å². The second-order valence-corrected chi connectivity index (χ2v) is 7.29. The number of nitrogens with zero attached hydrogens (tertiary/aromatic N) is 2. The molecule has 2 amide bonds. The maximum atomic E-state index is 12.8. The summed E-state index contributed by atoms with van der Waals surface area (Å²) >= 11 is 0. The van der Waals surface area contributed by atoms with Crippen molar-refractivity contribution in [3.8, 4) is 0 Å². The summed E-state index contributed by atoms with van der Waals surface area (Å²) in [5, 5.41) is 0. The smallest absolute Gasteiger partial charge is 0.242 e. The summed E-state index contributed by atoms with van der Waals surface area (Å²) < 4.78 is 0. The van der Waals surface area contributed by atoms with E-state index in [2.05, 4.69) is 12.1 Å². The molecular formula is C20H30ClN3O2. The lowest BCUT2D eigenvalue weighted by Crippen LogP contribution is -2.43. The van der Waals surface area contributed by atoms with Crippen LogP contribution in [0.3, 0.4) is 0 Å². The van der Waals surface area contributed by atoms with Gasteiger partial charge in [-0.15, -0.1) is 12.4 Å². The molecule has 0 aliphatic carbocycles. The lowest BCUT2D eigenvalue weighted by Gasteiger charge is -2.26. The number of rotatable bonds is 4. The van der Waals surface area contributed by atoms with Crippen LogP contribution in [0.5, 0.6) is 0 Å². The number of likely N-dealkylation sites (tertiary alicyclic amines) is 2. The molecule has 0 saturated carbocycles. The molecule has 26 heavy (non-hydrogen) atoms. The van der Waals surface area contributed by atoms with Gasteiger partial charge in [-0.25, -0.2) is 0 Å². The minimum absolute atomic E-state index is 0. The highest BCUT2D eigenvalue weighted by Gasteiger charge is 2.35. The molecule has 6 heteroatoms. The van der Waals surface area contributed by atoms with Crippen molar-refractivity contribution in [2.45, 2.75) is 38.0 Å². The Morgan fingerprint density at radius 1 is 1.08 bits per heavy atom. The van der Waals surface area contributed by atoms with Gasteiger partial charge in [0.25, 0.3) is 0 Å². The standard InChI is InChI=1S/C20H29N3O2.ClH/c21-12-17-13-23(14-18(17)16-8-4-3-5-9-16)20(25)15-22-11-7-2-1-6-10-19(22)24;/h3-5,8-9,17-18H,1-2,6-7,10-15,21H2;1H/t17-,18+;/m1./s1. The maximum Gasteiger partial charge on any atom is 0.242 e. The van der Waals surface area contributed by atoms with E-state index >= 15 is 0 Å². The summed E-state index contributed by atoms with van der Waals surface area (Å²) in [6.45, 7) is 2.90. The number of amides is 2. The summed E-state index contributed by atoms with van der Waals surface area (Å²) in [4.78, 5) is 28.7. The van der Waals surface area contributed by atoms with Gasteiger partial charge in [-0.05, 0) is 30.9 Å². The average molecular weight is 380 g/mol. The first-order chi connectivity index (χ1) is 12.2. The lowest BCUT2D eigenvalue weighted by molar-refractivity contribution is -0.140. The summed E-state index contributed by atoms with van der Waals surface area (Å²) in [5.41, 5.74) is 7.21. The fraction of sp³-hybridized carbons (Fsp3) is 0.600. The Hall–Kier alpha value is -1.59. The first kappa shape index (κ1) is 20.7. The molecule has 3 rings (SSSR count). The van der Waals surface area contributed by atoms with Crippen LogP contribution in [0.1, 0.15) is 43.6 Å². The van der Waals surface area contributed by atoms with Crippen molar-refractivity contribution >= 4 is 24.2 Å². The third-order valence-corrected chi connectivity index (χ3v) is 5.57. The molecule has 2 heterocycles. The first-order valence-corrected chi connectivity index (χ1v) is 9.49. The summed E-state index contributed by atoms with van der Waals surface area (Å²) in [5.74, 6) is 0.764. The van der Waals surface area contributed by atoms with E-state index in [-0.39, 0.29) is 42.6 Å². The van der Waals surface area contributed by atoms with E-state index in [0.717, 1.165) is 25.7 Å². The minimum atomic E-state index is 0. The SMILES string of the molecule is Cl.NC[C@@H]1CN(C(=O)CN2CCCCCCC2=O)C[C@H]1c1ccccc1. The van der Waals surface area contributed by atoms with Crippen LogP contribution in [0.4, 0.5) is 0 Å². The van der Waals surface area contributed by atoms with E-state index < -0.39 is 0 Å². The number of halogens is 1. The van der Waals surface area contributed by atoms with Gasteiger partial charge in [0.05, 0.1) is 6.54 Å². The molecular weight excluding hydrogens is 350 g/mol. The van der Waals surface area contributed by atoms with Crippen LogP contribution < -0.4 is 5.73 Å². The Morgan fingerprint density at radius 2 is 1.81 bits per heavy atom. The molecule has 2 aliphatic heterocycles. The fourth-order valence-corrected chi connectivity index (χ4v) is 4.04. The van der Waals surface area contributed by atoms with Crippen molar-refractivity contribution in [3.05, 3.63) is 35.9 Å². The van der Waals surface area contributed by atoms with Crippen molar-refractivity contribution in [1.82, 2.24) is 9.80 Å². The molecule has 2 N–H and O–H groups in total. The van der Waals surface area contributed by atoms with Crippen LogP contribution in [-0.4, -0.2) is 54.3 Å². The van der Waals surface area contributed by atoms with Gasteiger partial charge in [0, 0.05) is 32.0 Å². The van der Waals surface area contributed by atoms with E-state index in [4.69, 9.17) is 5.73 Å². The number of carbonyl (C=O) groups is 2. The number of benzene rings is 1. The predicted octanol–water partition coefficient (Wildman–Crippen LogP) is 2.40. The molecule has 0 aromatic heterocycles. The molecule has 0 spiro atoms. The topological polar surface area (TPSA) is 66.6 Å². The largest absolute Gasteiger partial charge is 0.340 e. The Kier molecular flexibility index (Phi) is 7.91. The van der Waals surface area contributed by atoms with Gasteiger partial charge in [0.15, 0.2) is 0 Å². The molecule has 2 saturated heterocycles. The van der Waals surface area contributed by atoms with E-state index in [9.17, 15) is 9.59 Å². The molecule has 5 nitrogen and oxygen atoms in total. The minimum Gasteiger partial charge on any atom is -0.340 e.